The minimum atomic E-state index is -0.229. The van der Waals surface area contributed by atoms with Crippen LogP contribution in [0.4, 0.5) is 0 Å². The summed E-state index contributed by atoms with van der Waals surface area (Å²) in [4.78, 5) is 12.9. The lowest BCUT2D eigenvalue weighted by Crippen LogP contribution is -2.26. The molecule has 0 radical (unpaired) electrons. The van der Waals surface area contributed by atoms with Gasteiger partial charge in [-0.3, -0.25) is 9.89 Å². The quantitative estimate of drug-likeness (QED) is 0.478. The molecule has 1 amide bonds. The van der Waals surface area contributed by atoms with Gasteiger partial charge in [-0.2, -0.15) is 10.2 Å². The van der Waals surface area contributed by atoms with E-state index >= 15 is 0 Å². The van der Waals surface area contributed by atoms with Gasteiger partial charge in [0.2, 0.25) is 0 Å². The molecule has 8 nitrogen and oxygen atoms in total. The summed E-state index contributed by atoms with van der Waals surface area (Å²) in [6.07, 6.45) is 2.27. The molecule has 0 fully saturated rings. The van der Waals surface area contributed by atoms with E-state index in [1.807, 2.05) is 56.4 Å². The lowest BCUT2D eigenvalue weighted by atomic mass is 10.2. The predicted molar refractivity (Wildman–Crippen MR) is 110 cm³/mol. The summed E-state index contributed by atoms with van der Waals surface area (Å²) in [7, 11) is 1.84. The molecule has 148 valence electrons. The van der Waals surface area contributed by atoms with Crippen LogP contribution >= 0.6 is 12.2 Å². The molecule has 4 aromatic rings. The van der Waals surface area contributed by atoms with E-state index in [2.05, 4.69) is 20.6 Å². The van der Waals surface area contributed by atoms with Crippen molar-refractivity contribution in [3.05, 3.63) is 70.6 Å². The zero-order valence-electron chi connectivity index (χ0n) is 16.0. The third kappa shape index (κ3) is 3.90. The number of hydrogen-bond acceptors (Lipinski definition) is 5. The topological polar surface area (TPSA) is 93.7 Å². The Morgan fingerprint density at radius 3 is 2.69 bits per heavy atom. The molecular formula is C20H20N6O2S. The Balaban J connectivity index is 1.59. The summed E-state index contributed by atoms with van der Waals surface area (Å²) < 4.78 is 9.73. The monoisotopic (exact) mass is 408 g/mol. The fourth-order valence-electron chi connectivity index (χ4n) is 2.98. The van der Waals surface area contributed by atoms with Crippen LogP contribution in [0.3, 0.4) is 0 Å². The van der Waals surface area contributed by atoms with Gasteiger partial charge in [0.05, 0.1) is 11.3 Å². The number of nitrogens with one attached hydrogen (secondary N) is 2. The van der Waals surface area contributed by atoms with Crippen LogP contribution in [0, 0.1) is 11.7 Å². The number of aryl methyl sites for hydroxylation is 1. The number of aromatic nitrogens is 5. The Hall–Kier alpha value is -3.46. The molecule has 0 aliphatic heterocycles. The van der Waals surface area contributed by atoms with Crippen molar-refractivity contribution in [3.63, 3.8) is 0 Å². The van der Waals surface area contributed by atoms with Crippen LogP contribution in [-0.2, 0) is 13.5 Å². The fraction of sp³-hybridized carbons (Fsp3) is 0.200. The standard InChI is InChI=1S/C20H20N6O2S/c1-13-8-9-16(28-13)18-15(12-26(24-18)14-6-4-3-5-7-14)19(27)21-11-10-17-22-23-20(29)25(17)2/h3-9,12H,10-11H2,1-2H3,(H,21,27)(H,23,29). The molecule has 3 heterocycles. The Morgan fingerprint density at radius 2 is 2.03 bits per heavy atom. The fourth-order valence-corrected chi connectivity index (χ4v) is 3.13. The molecule has 0 saturated heterocycles. The zero-order chi connectivity index (χ0) is 20.4. The first-order valence-electron chi connectivity index (χ1n) is 9.13. The molecule has 0 aliphatic rings. The number of furan rings is 1. The van der Waals surface area contributed by atoms with Crippen molar-refractivity contribution < 1.29 is 9.21 Å². The molecular weight excluding hydrogens is 388 g/mol. The van der Waals surface area contributed by atoms with Crippen molar-refractivity contribution in [1.29, 1.82) is 0 Å². The van der Waals surface area contributed by atoms with Gasteiger partial charge in [-0.1, -0.05) is 18.2 Å². The van der Waals surface area contributed by atoms with Crippen molar-refractivity contribution in [3.8, 4) is 17.1 Å². The highest BCUT2D eigenvalue weighted by Gasteiger charge is 2.21. The van der Waals surface area contributed by atoms with E-state index in [0.717, 1.165) is 17.3 Å². The first-order chi connectivity index (χ1) is 14.0. The van der Waals surface area contributed by atoms with E-state index in [-0.39, 0.29) is 5.91 Å². The van der Waals surface area contributed by atoms with E-state index in [1.54, 1.807) is 15.4 Å². The minimum Gasteiger partial charge on any atom is -0.460 e. The number of carbonyl (C=O) groups excluding carboxylic acids is 1. The van der Waals surface area contributed by atoms with Crippen molar-refractivity contribution in [2.45, 2.75) is 13.3 Å². The van der Waals surface area contributed by atoms with Gasteiger partial charge in [0, 0.05) is 26.2 Å². The Labute approximate surface area is 172 Å². The van der Waals surface area contributed by atoms with Crippen molar-refractivity contribution in [1.82, 2.24) is 29.9 Å². The van der Waals surface area contributed by atoms with Gasteiger partial charge in [0.15, 0.2) is 10.5 Å². The highest BCUT2D eigenvalue weighted by Crippen LogP contribution is 2.25. The maximum Gasteiger partial charge on any atom is 0.255 e. The Kier molecular flexibility index (Phi) is 5.13. The van der Waals surface area contributed by atoms with Crippen LogP contribution in [-0.4, -0.2) is 37.0 Å². The summed E-state index contributed by atoms with van der Waals surface area (Å²) >= 11 is 5.11. The number of para-hydroxylation sites is 1. The van der Waals surface area contributed by atoms with Crippen LogP contribution in [0.15, 0.2) is 53.1 Å². The number of H-pyrrole nitrogens is 1. The molecule has 0 atom stereocenters. The second kappa shape index (κ2) is 7.88. The van der Waals surface area contributed by atoms with Gasteiger partial charge in [-0.15, -0.1) is 0 Å². The molecule has 0 aliphatic carbocycles. The average molecular weight is 408 g/mol. The molecule has 0 spiro atoms. The van der Waals surface area contributed by atoms with Crippen LogP contribution in [0.1, 0.15) is 21.9 Å². The Morgan fingerprint density at radius 1 is 1.24 bits per heavy atom. The molecule has 0 saturated carbocycles. The average Bonchev–Trinajstić information content (AvgIpc) is 3.43. The van der Waals surface area contributed by atoms with Crippen LogP contribution < -0.4 is 5.32 Å². The van der Waals surface area contributed by atoms with Gasteiger partial charge in [0.1, 0.15) is 17.3 Å². The number of nitrogens with zero attached hydrogens (tertiary/aromatic N) is 4. The van der Waals surface area contributed by atoms with E-state index in [9.17, 15) is 4.79 Å². The molecule has 0 bridgehead atoms. The molecule has 4 rings (SSSR count). The molecule has 0 unspecified atom stereocenters. The van der Waals surface area contributed by atoms with E-state index < -0.39 is 0 Å². The largest absolute Gasteiger partial charge is 0.460 e. The predicted octanol–water partition coefficient (Wildman–Crippen LogP) is 3.20. The molecule has 2 N–H and O–H groups in total. The van der Waals surface area contributed by atoms with Crippen LogP contribution in [0.5, 0.6) is 0 Å². The van der Waals surface area contributed by atoms with Crippen molar-refractivity contribution >= 4 is 18.1 Å². The van der Waals surface area contributed by atoms with Gasteiger partial charge >= 0.3 is 0 Å². The maximum atomic E-state index is 12.9. The van der Waals surface area contributed by atoms with Gasteiger partial charge in [0.25, 0.3) is 5.91 Å². The summed E-state index contributed by atoms with van der Waals surface area (Å²) in [5, 5.41) is 14.4. The van der Waals surface area contributed by atoms with Gasteiger partial charge in [-0.05, 0) is 43.4 Å². The number of benzene rings is 1. The van der Waals surface area contributed by atoms with Crippen molar-refractivity contribution in [2.24, 2.45) is 7.05 Å². The molecule has 3 aromatic heterocycles. The van der Waals surface area contributed by atoms with Crippen molar-refractivity contribution in [2.75, 3.05) is 6.54 Å². The summed E-state index contributed by atoms with van der Waals surface area (Å²) in [5.74, 6) is 1.85. The highest BCUT2D eigenvalue weighted by atomic mass is 32.1. The number of carbonyl (C=O) groups is 1. The molecule has 1 aromatic carbocycles. The summed E-state index contributed by atoms with van der Waals surface area (Å²) in [6.45, 7) is 2.27. The number of aromatic amines is 1. The second-order valence-corrected chi connectivity index (χ2v) is 6.98. The first kappa shape index (κ1) is 18.9. The van der Waals surface area contributed by atoms with Crippen LogP contribution in [0.25, 0.3) is 17.1 Å². The zero-order valence-corrected chi connectivity index (χ0v) is 16.9. The number of amides is 1. The van der Waals surface area contributed by atoms with Gasteiger partial charge in [-0.25, -0.2) is 4.68 Å². The first-order valence-corrected chi connectivity index (χ1v) is 9.54. The number of hydrogen-bond donors (Lipinski definition) is 2. The van der Waals surface area contributed by atoms with Gasteiger partial charge < -0.3 is 14.3 Å². The normalized spacial score (nSPS) is 11.0. The van der Waals surface area contributed by atoms with Crippen LogP contribution in [0.2, 0.25) is 0 Å². The van der Waals surface area contributed by atoms with E-state index in [1.165, 1.54) is 0 Å². The summed E-state index contributed by atoms with van der Waals surface area (Å²) in [6, 6.07) is 13.3. The lowest BCUT2D eigenvalue weighted by Gasteiger charge is -2.04. The maximum absolute atomic E-state index is 12.9. The molecule has 9 heteroatoms. The Bertz CT molecular complexity index is 1200. The smallest absolute Gasteiger partial charge is 0.255 e. The summed E-state index contributed by atoms with van der Waals surface area (Å²) in [5.41, 5.74) is 1.80. The minimum absolute atomic E-state index is 0.229. The second-order valence-electron chi connectivity index (χ2n) is 6.59. The highest BCUT2D eigenvalue weighted by molar-refractivity contribution is 7.71. The number of rotatable bonds is 6. The third-order valence-corrected chi connectivity index (χ3v) is 4.93. The lowest BCUT2D eigenvalue weighted by molar-refractivity contribution is 0.0954. The molecule has 29 heavy (non-hydrogen) atoms. The SMILES string of the molecule is Cc1ccc(-c2nn(-c3ccccc3)cc2C(=O)NCCc2n[nH]c(=S)n2C)o1. The third-order valence-electron chi connectivity index (χ3n) is 4.56. The van der Waals surface area contributed by atoms with E-state index in [0.29, 0.717) is 34.8 Å². The van der Waals surface area contributed by atoms with E-state index in [4.69, 9.17) is 16.6 Å².